The van der Waals surface area contributed by atoms with E-state index in [2.05, 4.69) is 18.0 Å². The fourth-order valence-electron chi connectivity index (χ4n) is 1.31. The van der Waals surface area contributed by atoms with Crippen molar-refractivity contribution in [1.82, 2.24) is 4.98 Å². The Balaban J connectivity index is 2.52. The van der Waals surface area contributed by atoms with Crippen molar-refractivity contribution in [3.05, 3.63) is 41.0 Å². The second kappa shape index (κ2) is 3.72. The first-order valence-corrected chi connectivity index (χ1v) is 5.14. The molecule has 0 radical (unpaired) electrons. The predicted molar refractivity (Wildman–Crippen MR) is 57.7 cm³/mol. The average Bonchev–Trinajstić information content (AvgIpc) is 2.65. The molecule has 0 saturated carbocycles. The summed E-state index contributed by atoms with van der Waals surface area (Å²) in [6, 6.07) is 3.92. The summed E-state index contributed by atoms with van der Waals surface area (Å²) >= 11 is 1.67. The molecule has 0 bridgehead atoms. The van der Waals surface area contributed by atoms with Gasteiger partial charge in [0, 0.05) is 28.4 Å². The van der Waals surface area contributed by atoms with Crippen LogP contribution < -0.4 is 0 Å². The van der Waals surface area contributed by atoms with Gasteiger partial charge in [0.2, 0.25) is 0 Å². The van der Waals surface area contributed by atoms with Crippen LogP contribution in [0.3, 0.4) is 0 Å². The molecule has 2 aromatic heterocycles. The summed E-state index contributed by atoms with van der Waals surface area (Å²) in [6.07, 6.45) is 4.17. The van der Waals surface area contributed by atoms with Crippen molar-refractivity contribution in [3.8, 4) is 10.4 Å². The SMILES string of the molecule is Cc1ccsc1-c1cncc(C=O)c1. The number of nitrogens with zero attached hydrogens (tertiary/aromatic N) is 1. The van der Waals surface area contributed by atoms with Crippen LogP contribution in [-0.4, -0.2) is 11.3 Å². The molecule has 0 fully saturated rings. The Bertz CT molecular complexity index is 462. The Labute approximate surface area is 86.2 Å². The molecule has 0 spiro atoms. The molecule has 0 N–H and O–H groups in total. The van der Waals surface area contributed by atoms with Gasteiger partial charge in [-0.3, -0.25) is 9.78 Å². The fraction of sp³-hybridized carbons (Fsp3) is 0.0909. The van der Waals surface area contributed by atoms with Gasteiger partial charge in [-0.25, -0.2) is 0 Å². The highest BCUT2D eigenvalue weighted by Crippen LogP contribution is 2.28. The van der Waals surface area contributed by atoms with Gasteiger partial charge in [0.25, 0.3) is 0 Å². The highest BCUT2D eigenvalue weighted by molar-refractivity contribution is 7.13. The standard InChI is InChI=1S/C11H9NOS/c1-8-2-3-14-11(8)10-4-9(7-13)5-12-6-10/h2-7H,1H3. The minimum Gasteiger partial charge on any atom is -0.298 e. The highest BCUT2D eigenvalue weighted by Gasteiger charge is 2.03. The number of aryl methyl sites for hydroxylation is 1. The Morgan fingerprint density at radius 2 is 2.29 bits per heavy atom. The van der Waals surface area contributed by atoms with Gasteiger partial charge in [0.15, 0.2) is 6.29 Å². The van der Waals surface area contributed by atoms with E-state index in [1.165, 1.54) is 10.4 Å². The molecule has 0 unspecified atom stereocenters. The van der Waals surface area contributed by atoms with E-state index in [4.69, 9.17) is 0 Å². The van der Waals surface area contributed by atoms with Crippen molar-refractivity contribution in [2.24, 2.45) is 0 Å². The van der Waals surface area contributed by atoms with Crippen molar-refractivity contribution < 1.29 is 4.79 Å². The van der Waals surface area contributed by atoms with Gasteiger partial charge in [-0.15, -0.1) is 11.3 Å². The summed E-state index contributed by atoms with van der Waals surface area (Å²) in [5.74, 6) is 0. The van der Waals surface area contributed by atoms with Crippen LogP contribution in [0.15, 0.2) is 29.9 Å². The lowest BCUT2D eigenvalue weighted by molar-refractivity contribution is 0.112. The van der Waals surface area contributed by atoms with Crippen molar-refractivity contribution in [1.29, 1.82) is 0 Å². The van der Waals surface area contributed by atoms with E-state index in [1.54, 1.807) is 23.7 Å². The molecule has 2 nitrogen and oxygen atoms in total. The summed E-state index contributed by atoms with van der Waals surface area (Å²) in [5, 5.41) is 2.04. The van der Waals surface area contributed by atoms with E-state index in [0.29, 0.717) is 5.56 Å². The van der Waals surface area contributed by atoms with E-state index in [-0.39, 0.29) is 0 Å². The number of pyridine rings is 1. The largest absolute Gasteiger partial charge is 0.298 e. The van der Waals surface area contributed by atoms with Crippen LogP contribution >= 0.6 is 11.3 Å². The number of carbonyl (C=O) groups excluding carboxylic acids is 1. The maximum atomic E-state index is 10.6. The molecule has 2 heterocycles. The van der Waals surface area contributed by atoms with Crippen molar-refractivity contribution in [3.63, 3.8) is 0 Å². The van der Waals surface area contributed by atoms with Crippen LogP contribution in [0.2, 0.25) is 0 Å². The topological polar surface area (TPSA) is 30.0 Å². The van der Waals surface area contributed by atoms with E-state index >= 15 is 0 Å². The third-order valence-corrected chi connectivity index (χ3v) is 3.09. The molecule has 0 saturated heterocycles. The number of thiophene rings is 1. The highest BCUT2D eigenvalue weighted by atomic mass is 32.1. The Morgan fingerprint density at radius 1 is 1.43 bits per heavy atom. The second-order valence-electron chi connectivity index (χ2n) is 3.06. The maximum absolute atomic E-state index is 10.6. The quantitative estimate of drug-likeness (QED) is 0.702. The zero-order chi connectivity index (χ0) is 9.97. The zero-order valence-corrected chi connectivity index (χ0v) is 8.54. The Kier molecular flexibility index (Phi) is 2.41. The number of hydrogen-bond acceptors (Lipinski definition) is 3. The average molecular weight is 203 g/mol. The number of carbonyl (C=O) groups is 1. The molecule has 0 aliphatic heterocycles. The Morgan fingerprint density at radius 3 is 2.93 bits per heavy atom. The molecule has 70 valence electrons. The van der Waals surface area contributed by atoms with Crippen LogP contribution in [-0.2, 0) is 0 Å². The molecular weight excluding hydrogens is 194 g/mol. The second-order valence-corrected chi connectivity index (χ2v) is 3.97. The fourth-order valence-corrected chi connectivity index (χ4v) is 2.22. The number of hydrogen-bond donors (Lipinski definition) is 0. The smallest absolute Gasteiger partial charge is 0.151 e. The minimum absolute atomic E-state index is 0.621. The first-order valence-electron chi connectivity index (χ1n) is 4.26. The number of rotatable bonds is 2. The van der Waals surface area contributed by atoms with Crippen molar-refractivity contribution >= 4 is 17.6 Å². The first kappa shape index (κ1) is 9.09. The lowest BCUT2D eigenvalue weighted by Gasteiger charge is -1.99. The zero-order valence-electron chi connectivity index (χ0n) is 7.73. The molecule has 2 rings (SSSR count). The third-order valence-electron chi connectivity index (χ3n) is 2.02. The lowest BCUT2D eigenvalue weighted by Crippen LogP contribution is -1.84. The summed E-state index contributed by atoms with van der Waals surface area (Å²) < 4.78 is 0. The normalized spacial score (nSPS) is 10.1. The van der Waals surface area contributed by atoms with Gasteiger partial charge >= 0.3 is 0 Å². The van der Waals surface area contributed by atoms with Crippen molar-refractivity contribution in [2.45, 2.75) is 6.92 Å². The molecule has 3 heteroatoms. The van der Waals surface area contributed by atoms with E-state index < -0.39 is 0 Å². The van der Waals surface area contributed by atoms with Crippen LogP contribution in [0.4, 0.5) is 0 Å². The van der Waals surface area contributed by atoms with Gasteiger partial charge in [-0.1, -0.05) is 0 Å². The maximum Gasteiger partial charge on any atom is 0.151 e. The molecule has 2 aromatic rings. The molecular formula is C11H9NOS. The molecule has 14 heavy (non-hydrogen) atoms. The number of aldehydes is 1. The summed E-state index contributed by atoms with van der Waals surface area (Å²) in [7, 11) is 0. The third kappa shape index (κ3) is 1.59. The lowest BCUT2D eigenvalue weighted by atomic mass is 10.1. The van der Waals surface area contributed by atoms with Gasteiger partial charge in [-0.05, 0) is 30.0 Å². The van der Waals surface area contributed by atoms with E-state index in [0.717, 1.165) is 11.8 Å². The van der Waals surface area contributed by atoms with Crippen LogP contribution in [0.5, 0.6) is 0 Å². The molecule has 0 aliphatic rings. The van der Waals surface area contributed by atoms with E-state index in [1.807, 2.05) is 11.4 Å². The summed E-state index contributed by atoms with van der Waals surface area (Å²) in [4.78, 5) is 15.8. The van der Waals surface area contributed by atoms with Gasteiger partial charge < -0.3 is 0 Å². The Hall–Kier alpha value is -1.48. The molecule has 0 aromatic carbocycles. The van der Waals surface area contributed by atoms with E-state index in [9.17, 15) is 4.79 Å². The summed E-state index contributed by atoms with van der Waals surface area (Å²) in [6.45, 7) is 2.05. The summed E-state index contributed by atoms with van der Waals surface area (Å²) in [5.41, 5.74) is 2.86. The van der Waals surface area contributed by atoms with Crippen LogP contribution in [0.25, 0.3) is 10.4 Å². The first-order chi connectivity index (χ1) is 6.81. The minimum atomic E-state index is 0.621. The molecule has 0 aliphatic carbocycles. The van der Waals surface area contributed by atoms with Crippen LogP contribution in [0.1, 0.15) is 15.9 Å². The molecule has 0 amide bonds. The van der Waals surface area contributed by atoms with Crippen LogP contribution in [0, 0.1) is 6.92 Å². The van der Waals surface area contributed by atoms with Gasteiger partial charge in [0.1, 0.15) is 0 Å². The van der Waals surface area contributed by atoms with Gasteiger partial charge in [-0.2, -0.15) is 0 Å². The monoisotopic (exact) mass is 203 g/mol. The van der Waals surface area contributed by atoms with Gasteiger partial charge in [0.05, 0.1) is 0 Å². The molecule has 0 atom stereocenters. The predicted octanol–water partition coefficient (Wildman–Crippen LogP) is 2.93. The number of aromatic nitrogens is 1. The van der Waals surface area contributed by atoms with Crippen molar-refractivity contribution in [2.75, 3.05) is 0 Å².